The van der Waals surface area contributed by atoms with E-state index in [1.807, 2.05) is 13.8 Å². The molecule has 0 fully saturated rings. The monoisotopic (exact) mass is 430 g/mol. The van der Waals surface area contributed by atoms with Crippen molar-refractivity contribution in [2.45, 2.75) is 19.9 Å². The van der Waals surface area contributed by atoms with E-state index in [2.05, 4.69) is 10.3 Å². The van der Waals surface area contributed by atoms with Crippen molar-refractivity contribution in [3.05, 3.63) is 69.8 Å². The molecule has 0 aliphatic heterocycles. The van der Waals surface area contributed by atoms with Gasteiger partial charge in [-0.3, -0.25) is 9.48 Å². The van der Waals surface area contributed by atoms with Crippen LogP contribution in [0.4, 0.5) is 0 Å². The number of nitrogens with zero attached hydrogens (tertiary/aromatic N) is 3. The van der Waals surface area contributed by atoms with Crippen LogP contribution in [0.3, 0.4) is 0 Å². The van der Waals surface area contributed by atoms with E-state index in [1.165, 1.54) is 6.26 Å². The van der Waals surface area contributed by atoms with E-state index < -0.39 is 5.91 Å². The highest BCUT2D eigenvalue weighted by Crippen LogP contribution is 2.39. The second kappa shape index (κ2) is 7.42. The van der Waals surface area contributed by atoms with E-state index in [9.17, 15) is 4.79 Å². The van der Waals surface area contributed by atoms with Crippen molar-refractivity contribution in [3.8, 4) is 22.6 Å². The van der Waals surface area contributed by atoms with Crippen LogP contribution in [0.1, 0.15) is 34.7 Å². The molecule has 0 saturated heterocycles. The Bertz CT molecular complexity index is 1170. The van der Waals surface area contributed by atoms with Gasteiger partial charge < -0.3 is 14.7 Å². The number of hydrogen-bond acceptors (Lipinski definition) is 5. The molecule has 7 nitrogen and oxygen atoms in total. The van der Waals surface area contributed by atoms with Gasteiger partial charge in [0, 0.05) is 26.9 Å². The summed E-state index contributed by atoms with van der Waals surface area (Å²) in [7, 11) is 0. The fourth-order valence-corrected chi connectivity index (χ4v) is 4.09. The summed E-state index contributed by atoms with van der Waals surface area (Å²) in [5, 5.41) is 9.43. The Kier molecular flexibility index (Phi) is 4.94. The lowest BCUT2D eigenvalue weighted by Gasteiger charge is -2.18. The number of aromatic nitrogens is 3. The molecule has 1 unspecified atom stereocenters. The second-order valence-corrected chi connectivity index (χ2v) is 7.29. The van der Waals surface area contributed by atoms with E-state index >= 15 is 0 Å². The molecule has 148 valence electrons. The van der Waals surface area contributed by atoms with E-state index in [-0.39, 0.29) is 11.7 Å². The Morgan fingerprint density at radius 1 is 1.21 bits per heavy atom. The zero-order chi connectivity index (χ0) is 20.7. The zero-order valence-corrected chi connectivity index (χ0v) is 17.0. The molecule has 1 aromatic carbocycles. The van der Waals surface area contributed by atoms with Crippen molar-refractivity contribution in [1.82, 2.24) is 14.9 Å². The summed E-state index contributed by atoms with van der Waals surface area (Å²) in [6.07, 6.45) is 3.13. The molecule has 0 bridgehead atoms. The number of primary amides is 1. The highest BCUT2D eigenvalue weighted by Gasteiger charge is 2.28. The summed E-state index contributed by atoms with van der Waals surface area (Å²) in [6.45, 7) is 3.81. The van der Waals surface area contributed by atoms with Gasteiger partial charge in [-0.1, -0.05) is 34.4 Å². The maximum absolute atomic E-state index is 11.9. The lowest BCUT2D eigenvalue weighted by Crippen LogP contribution is -2.13. The van der Waals surface area contributed by atoms with Gasteiger partial charge in [0.05, 0.1) is 24.1 Å². The third-order valence-electron chi connectivity index (χ3n) is 4.77. The quantitative estimate of drug-likeness (QED) is 0.473. The first kappa shape index (κ1) is 19.3. The standard InChI is InChI=1S/C20H16Cl2N4O3/c1-10-12(9-24-26(10)11(2)16-13(21)5-3-6-14(16)22)17-18(20(23)27)25-29-19(17)15-7-4-8-28-15/h3-9,11H,1-2H3,(H2,23,27). The molecule has 3 heterocycles. The molecule has 0 saturated carbocycles. The molecule has 1 amide bonds. The molecule has 4 rings (SSSR count). The van der Waals surface area contributed by atoms with Crippen molar-refractivity contribution in [2.75, 3.05) is 0 Å². The Morgan fingerprint density at radius 3 is 2.55 bits per heavy atom. The van der Waals surface area contributed by atoms with Crippen LogP contribution in [0.2, 0.25) is 10.0 Å². The molecule has 1 atom stereocenters. The summed E-state index contributed by atoms with van der Waals surface area (Å²) < 4.78 is 12.6. The van der Waals surface area contributed by atoms with Crippen molar-refractivity contribution < 1.29 is 13.7 Å². The van der Waals surface area contributed by atoms with Gasteiger partial charge in [0.15, 0.2) is 11.5 Å². The van der Waals surface area contributed by atoms with E-state index in [4.69, 9.17) is 37.9 Å². The minimum atomic E-state index is -0.712. The van der Waals surface area contributed by atoms with E-state index in [1.54, 1.807) is 41.2 Å². The molecule has 29 heavy (non-hydrogen) atoms. The van der Waals surface area contributed by atoms with Crippen LogP contribution < -0.4 is 5.73 Å². The number of hydrogen-bond donors (Lipinski definition) is 1. The minimum Gasteiger partial charge on any atom is -0.461 e. The highest BCUT2D eigenvalue weighted by atomic mass is 35.5. The van der Waals surface area contributed by atoms with Crippen molar-refractivity contribution >= 4 is 29.1 Å². The summed E-state index contributed by atoms with van der Waals surface area (Å²) in [5.41, 5.74) is 8.09. The van der Waals surface area contributed by atoms with Gasteiger partial charge in [-0.25, -0.2) is 0 Å². The average Bonchev–Trinajstić information content (AvgIpc) is 3.40. The van der Waals surface area contributed by atoms with Gasteiger partial charge in [0.25, 0.3) is 5.91 Å². The van der Waals surface area contributed by atoms with Crippen molar-refractivity contribution in [3.63, 3.8) is 0 Å². The number of furan rings is 1. The first-order chi connectivity index (χ1) is 13.9. The summed E-state index contributed by atoms with van der Waals surface area (Å²) in [6, 6.07) is 8.50. The molecule has 0 aliphatic rings. The minimum absolute atomic E-state index is 0.00230. The van der Waals surface area contributed by atoms with Crippen LogP contribution in [-0.4, -0.2) is 20.8 Å². The zero-order valence-electron chi connectivity index (χ0n) is 15.5. The molecular weight excluding hydrogens is 415 g/mol. The number of benzene rings is 1. The maximum Gasteiger partial charge on any atom is 0.271 e. The summed E-state index contributed by atoms with van der Waals surface area (Å²) in [4.78, 5) is 11.9. The average molecular weight is 431 g/mol. The first-order valence-corrected chi connectivity index (χ1v) is 9.47. The number of nitrogens with two attached hydrogens (primary N) is 1. The van der Waals surface area contributed by atoms with Gasteiger partial charge in [-0.15, -0.1) is 0 Å². The molecular formula is C20H16Cl2N4O3. The number of carbonyl (C=O) groups excluding carboxylic acids is 1. The summed E-state index contributed by atoms with van der Waals surface area (Å²) >= 11 is 12.7. The Labute approximate surface area is 176 Å². The Morgan fingerprint density at radius 2 is 1.93 bits per heavy atom. The van der Waals surface area contributed by atoms with E-state index in [0.717, 1.165) is 11.3 Å². The fraction of sp³-hybridized carbons (Fsp3) is 0.150. The van der Waals surface area contributed by atoms with Crippen LogP contribution in [0, 0.1) is 6.92 Å². The van der Waals surface area contributed by atoms with Crippen LogP contribution >= 0.6 is 23.2 Å². The smallest absolute Gasteiger partial charge is 0.271 e. The first-order valence-electron chi connectivity index (χ1n) is 8.71. The number of halogens is 2. The van der Waals surface area contributed by atoms with Crippen molar-refractivity contribution in [1.29, 1.82) is 0 Å². The van der Waals surface area contributed by atoms with Gasteiger partial charge >= 0.3 is 0 Å². The third-order valence-corrected chi connectivity index (χ3v) is 5.43. The molecule has 0 radical (unpaired) electrons. The second-order valence-electron chi connectivity index (χ2n) is 6.48. The third kappa shape index (κ3) is 3.22. The lowest BCUT2D eigenvalue weighted by molar-refractivity contribution is 0.0992. The van der Waals surface area contributed by atoms with Crippen LogP contribution in [0.5, 0.6) is 0 Å². The molecule has 2 N–H and O–H groups in total. The normalized spacial score (nSPS) is 12.3. The number of amides is 1. The topological polar surface area (TPSA) is 100 Å². The van der Waals surface area contributed by atoms with Gasteiger partial charge in [0.1, 0.15) is 0 Å². The molecule has 4 aromatic rings. The Hall–Kier alpha value is -3.03. The van der Waals surface area contributed by atoms with Crippen LogP contribution in [-0.2, 0) is 0 Å². The molecule has 0 spiro atoms. The predicted octanol–water partition coefficient (Wildman–Crippen LogP) is 5.12. The SMILES string of the molecule is Cc1c(-c2c(C(N)=O)noc2-c2ccco2)cnn1C(C)c1c(Cl)cccc1Cl. The van der Waals surface area contributed by atoms with Gasteiger partial charge in [0.2, 0.25) is 5.76 Å². The van der Waals surface area contributed by atoms with E-state index in [0.29, 0.717) is 32.7 Å². The van der Waals surface area contributed by atoms with Crippen molar-refractivity contribution in [2.24, 2.45) is 5.73 Å². The number of carbonyl (C=O) groups is 1. The number of rotatable bonds is 5. The fourth-order valence-electron chi connectivity index (χ4n) is 3.38. The summed E-state index contributed by atoms with van der Waals surface area (Å²) in [5.74, 6) is 0.0140. The lowest BCUT2D eigenvalue weighted by atomic mass is 10.0. The van der Waals surface area contributed by atoms with Gasteiger partial charge in [-0.05, 0) is 38.1 Å². The molecule has 3 aromatic heterocycles. The molecule has 0 aliphatic carbocycles. The largest absolute Gasteiger partial charge is 0.461 e. The van der Waals surface area contributed by atoms with Crippen LogP contribution in [0.25, 0.3) is 22.6 Å². The van der Waals surface area contributed by atoms with Crippen LogP contribution in [0.15, 0.2) is 51.7 Å². The van der Waals surface area contributed by atoms with Gasteiger partial charge in [-0.2, -0.15) is 5.10 Å². The maximum atomic E-state index is 11.9. The molecule has 9 heteroatoms. The highest BCUT2D eigenvalue weighted by molar-refractivity contribution is 6.36. The Balaban J connectivity index is 1.87. The predicted molar refractivity (Wildman–Crippen MR) is 109 cm³/mol.